The summed E-state index contributed by atoms with van der Waals surface area (Å²) in [4.78, 5) is 15.9. The van der Waals surface area contributed by atoms with Gasteiger partial charge in [0.05, 0.1) is 0 Å². The van der Waals surface area contributed by atoms with Crippen LogP contribution in [0.4, 0.5) is 5.69 Å². The monoisotopic (exact) mass is 358 g/mol. The molecule has 0 spiro atoms. The quantitative estimate of drug-likeness (QED) is 0.746. The molecular weight excluding hydrogens is 332 g/mol. The molecule has 2 aromatic rings. The number of anilines is 1. The van der Waals surface area contributed by atoms with Crippen LogP contribution in [0.2, 0.25) is 0 Å². The Morgan fingerprint density at radius 2 is 1.81 bits per heavy atom. The number of rotatable bonds is 1. The zero-order valence-corrected chi connectivity index (χ0v) is 16.0. The van der Waals surface area contributed by atoms with Crippen molar-refractivity contribution in [1.29, 1.82) is 0 Å². The molecule has 0 unspecified atom stereocenters. The Morgan fingerprint density at radius 1 is 0.963 bits per heavy atom. The van der Waals surface area contributed by atoms with Gasteiger partial charge in [-0.15, -0.1) is 0 Å². The number of hydrogen-bond acceptors (Lipinski definition) is 2. The second-order valence-corrected chi connectivity index (χ2v) is 7.95. The summed E-state index contributed by atoms with van der Waals surface area (Å²) in [5.74, 6) is 0.185. The summed E-state index contributed by atoms with van der Waals surface area (Å²) in [6.07, 6.45) is 9.46. The number of fused-ring (bicyclic) bond motifs is 4. The smallest absolute Gasteiger partial charge is 0.219 e. The molecule has 1 fully saturated rings. The molecule has 0 radical (unpaired) electrons. The maximum Gasteiger partial charge on any atom is 0.219 e. The van der Waals surface area contributed by atoms with Crippen LogP contribution in [0.1, 0.15) is 37.3 Å². The number of benzene rings is 2. The first-order chi connectivity index (χ1) is 13.2. The van der Waals surface area contributed by atoms with Crippen LogP contribution in [-0.2, 0) is 11.2 Å². The van der Waals surface area contributed by atoms with Gasteiger partial charge in [0, 0.05) is 38.8 Å². The average molecular weight is 358 g/mol. The molecule has 0 N–H and O–H groups in total. The first-order valence-electron chi connectivity index (χ1n) is 10.2. The molecule has 0 aromatic heterocycles. The molecule has 2 aromatic carbocycles. The van der Waals surface area contributed by atoms with Gasteiger partial charge in [0.15, 0.2) is 0 Å². The van der Waals surface area contributed by atoms with Crippen molar-refractivity contribution in [2.45, 2.75) is 32.6 Å². The normalized spacial score (nSPS) is 19.3. The summed E-state index contributed by atoms with van der Waals surface area (Å²) < 4.78 is 0. The minimum atomic E-state index is 0.185. The van der Waals surface area contributed by atoms with Gasteiger partial charge in [-0.25, -0.2) is 0 Å². The van der Waals surface area contributed by atoms with Crippen molar-refractivity contribution in [2.24, 2.45) is 0 Å². The predicted molar refractivity (Wildman–Crippen MR) is 112 cm³/mol. The van der Waals surface area contributed by atoms with Crippen LogP contribution in [-0.4, -0.2) is 37.0 Å². The molecule has 5 rings (SSSR count). The van der Waals surface area contributed by atoms with Crippen LogP contribution >= 0.6 is 0 Å². The van der Waals surface area contributed by atoms with E-state index in [0.29, 0.717) is 0 Å². The summed E-state index contributed by atoms with van der Waals surface area (Å²) in [6.45, 7) is 5.13. The second-order valence-electron chi connectivity index (χ2n) is 7.95. The highest BCUT2D eigenvalue weighted by atomic mass is 16.2. The number of carbonyl (C=O) groups excluding carboxylic acids is 1. The van der Waals surface area contributed by atoms with E-state index in [1.807, 2.05) is 4.90 Å². The molecular formula is C24H26N2O. The highest BCUT2D eigenvalue weighted by molar-refractivity contribution is 5.95. The number of amides is 1. The fourth-order valence-corrected chi connectivity index (χ4v) is 4.91. The topological polar surface area (TPSA) is 23.6 Å². The number of nitrogens with zero attached hydrogens (tertiary/aromatic N) is 2. The number of aryl methyl sites for hydroxylation is 1. The van der Waals surface area contributed by atoms with Crippen LogP contribution in [0.5, 0.6) is 0 Å². The van der Waals surface area contributed by atoms with Crippen molar-refractivity contribution in [1.82, 2.24) is 4.90 Å². The number of allylic oxidation sites excluding steroid dienone is 4. The Hall–Kier alpha value is -2.55. The Kier molecular flexibility index (Phi) is 4.04. The molecule has 1 heterocycles. The Labute approximate surface area is 161 Å². The van der Waals surface area contributed by atoms with Crippen molar-refractivity contribution >= 4 is 27.9 Å². The van der Waals surface area contributed by atoms with E-state index in [-0.39, 0.29) is 5.91 Å². The second kappa shape index (κ2) is 6.56. The van der Waals surface area contributed by atoms with Crippen molar-refractivity contribution in [3.63, 3.8) is 0 Å². The Bertz CT molecular complexity index is 977. The summed E-state index contributed by atoms with van der Waals surface area (Å²) in [5, 5.41) is 2.74. The largest absolute Gasteiger partial charge is 0.368 e. The lowest BCUT2D eigenvalue weighted by molar-refractivity contribution is -0.129. The number of carbonyl (C=O) groups is 1. The molecule has 1 aliphatic heterocycles. The van der Waals surface area contributed by atoms with E-state index in [1.165, 1.54) is 52.4 Å². The van der Waals surface area contributed by atoms with Gasteiger partial charge in [-0.05, 0) is 65.3 Å². The van der Waals surface area contributed by atoms with Gasteiger partial charge in [-0.2, -0.15) is 0 Å². The molecule has 1 saturated heterocycles. The fourth-order valence-electron chi connectivity index (χ4n) is 4.91. The van der Waals surface area contributed by atoms with Crippen molar-refractivity contribution in [2.75, 3.05) is 31.1 Å². The van der Waals surface area contributed by atoms with Crippen LogP contribution in [0, 0.1) is 0 Å². The molecule has 3 nitrogen and oxygen atoms in total. The summed E-state index contributed by atoms with van der Waals surface area (Å²) in [5.41, 5.74) is 7.37. The molecule has 0 bridgehead atoms. The van der Waals surface area contributed by atoms with E-state index in [9.17, 15) is 4.79 Å². The lowest BCUT2D eigenvalue weighted by Crippen LogP contribution is -2.48. The lowest BCUT2D eigenvalue weighted by atomic mass is 9.79. The minimum Gasteiger partial charge on any atom is -0.368 e. The third kappa shape index (κ3) is 2.86. The lowest BCUT2D eigenvalue weighted by Gasteiger charge is -2.35. The van der Waals surface area contributed by atoms with Gasteiger partial charge in [-0.1, -0.05) is 35.9 Å². The van der Waals surface area contributed by atoms with Gasteiger partial charge in [0.2, 0.25) is 5.91 Å². The van der Waals surface area contributed by atoms with Crippen LogP contribution < -0.4 is 4.90 Å². The van der Waals surface area contributed by atoms with Gasteiger partial charge < -0.3 is 9.80 Å². The predicted octanol–water partition coefficient (Wildman–Crippen LogP) is 4.56. The van der Waals surface area contributed by atoms with Crippen molar-refractivity contribution in [3.05, 3.63) is 59.2 Å². The van der Waals surface area contributed by atoms with Crippen molar-refractivity contribution in [3.8, 4) is 0 Å². The SMILES string of the molecule is CC(=O)N1CCN(c2ccc3c4c(ccc3c2)C2=C(CCC=C2)CC4)CC1. The molecule has 1 amide bonds. The van der Waals surface area contributed by atoms with E-state index < -0.39 is 0 Å². The molecule has 2 aliphatic carbocycles. The minimum absolute atomic E-state index is 0.185. The number of hydrogen-bond donors (Lipinski definition) is 0. The Morgan fingerprint density at radius 3 is 2.63 bits per heavy atom. The molecule has 0 saturated carbocycles. The highest BCUT2D eigenvalue weighted by Gasteiger charge is 2.22. The zero-order valence-electron chi connectivity index (χ0n) is 16.0. The fraction of sp³-hybridized carbons (Fsp3) is 0.375. The molecule has 138 valence electrons. The van der Waals surface area contributed by atoms with E-state index >= 15 is 0 Å². The summed E-state index contributed by atoms with van der Waals surface area (Å²) >= 11 is 0. The van der Waals surface area contributed by atoms with Gasteiger partial charge in [0.25, 0.3) is 0 Å². The molecule has 3 heteroatoms. The van der Waals surface area contributed by atoms with Crippen LogP contribution in [0.3, 0.4) is 0 Å². The maximum absolute atomic E-state index is 11.6. The van der Waals surface area contributed by atoms with Crippen molar-refractivity contribution < 1.29 is 4.79 Å². The van der Waals surface area contributed by atoms with Gasteiger partial charge >= 0.3 is 0 Å². The van der Waals surface area contributed by atoms with E-state index in [2.05, 4.69) is 47.4 Å². The Balaban J connectivity index is 1.47. The summed E-state index contributed by atoms with van der Waals surface area (Å²) in [6, 6.07) is 11.5. The zero-order chi connectivity index (χ0) is 18.4. The molecule has 3 aliphatic rings. The highest BCUT2D eigenvalue weighted by Crippen LogP contribution is 2.40. The van der Waals surface area contributed by atoms with E-state index in [4.69, 9.17) is 0 Å². The number of piperazine rings is 1. The maximum atomic E-state index is 11.6. The van der Waals surface area contributed by atoms with Crippen LogP contribution in [0.15, 0.2) is 48.1 Å². The first kappa shape index (κ1) is 16.6. The third-order valence-corrected chi connectivity index (χ3v) is 6.45. The first-order valence-corrected chi connectivity index (χ1v) is 10.2. The third-order valence-electron chi connectivity index (χ3n) is 6.45. The van der Waals surface area contributed by atoms with E-state index in [0.717, 1.165) is 32.6 Å². The van der Waals surface area contributed by atoms with E-state index in [1.54, 1.807) is 12.5 Å². The standard InChI is InChI=1S/C24H26N2O/c1-17(27)25-12-14-26(15-13-25)20-8-11-22-19(16-20)7-10-23-21-5-3-2-4-18(21)6-9-24(22)23/h3,5,7-8,10-11,16H,2,4,6,9,12-15H2,1H3. The van der Waals surface area contributed by atoms with Crippen LogP contribution in [0.25, 0.3) is 16.3 Å². The van der Waals surface area contributed by atoms with Gasteiger partial charge in [-0.3, -0.25) is 4.79 Å². The van der Waals surface area contributed by atoms with Gasteiger partial charge in [0.1, 0.15) is 0 Å². The molecule has 27 heavy (non-hydrogen) atoms. The average Bonchev–Trinajstić information content (AvgIpc) is 2.73. The molecule has 0 atom stereocenters. The summed E-state index contributed by atoms with van der Waals surface area (Å²) in [7, 11) is 0.